The van der Waals surface area contributed by atoms with Crippen molar-refractivity contribution in [3.05, 3.63) is 106 Å². The smallest absolute Gasteiger partial charge is 0.255 e. The molecule has 166 valence electrons. The molecule has 0 aliphatic heterocycles. The van der Waals surface area contributed by atoms with Gasteiger partial charge in [-0.15, -0.1) is 0 Å². The molecular weight excluding hydrogens is 423 g/mol. The summed E-state index contributed by atoms with van der Waals surface area (Å²) in [6, 6.07) is 16.5. The van der Waals surface area contributed by atoms with E-state index >= 15 is 0 Å². The van der Waals surface area contributed by atoms with Crippen molar-refractivity contribution in [2.75, 3.05) is 0 Å². The second-order valence-electron chi connectivity index (χ2n) is 7.37. The number of halogens is 1. The first-order valence-electron chi connectivity index (χ1n) is 10.3. The number of aromatic amines is 1. The molecular formula is C25H21FN4O3. The van der Waals surface area contributed by atoms with Crippen molar-refractivity contribution in [1.82, 2.24) is 20.3 Å². The van der Waals surface area contributed by atoms with Crippen LogP contribution < -0.4 is 15.6 Å². The number of aryl methyl sites for hydroxylation is 1. The molecule has 4 aromatic rings. The van der Waals surface area contributed by atoms with Gasteiger partial charge in [0, 0.05) is 35.8 Å². The first kappa shape index (κ1) is 21.9. The molecule has 8 heteroatoms. The van der Waals surface area contributed by atoms with E-state index in [-0.39, 0.29) is 23.7 Å². The maximum absolute atomic E-state index is 13.0. The van der Waals surface area contributed by atoms with Crippen molar-refractivity contribution in [3.8, 4) is 22.9 Å². The number of hydrogen-bond donors (Lipinski definition) is 2. The fourth-order valence-electron chi connectivity index (χ4n) is 3.20. The van der Waals surface area contributed by atoms with Crippen LogP contribution >= 0.6 is 0 Å². The number of benzene rings is 2. The zero-order chi connectivity index (χ0) is 23.2. The van der Waals surface area contributed by atoms with Gasteiger partial charge >= 0.3 is 0 Å². The van der Waals surface area contributed by atoms with Gasteiger partial charge in [-0.2, -0.15) is 0 Å². The largest absolute Gasteiger partial charge is 0.457 e. The maximum Gasteiger partial charge on any atom is 0.255 e. The quantitative estimate of drug-likeness (QED) is 0.450. The molecule has 0 aliphatic rings. The van der Waals surface area contributed by atoms with Crippen LogP contribution in [0.15, 0.2) is 77.9 Å². The van der Waals surface area contributed by atoms with Gasteiger partial charge in [-0.3, -0.25) is 14.6 Å². The summed E-state index contributed by atoms with van der Waals surface area (Å²) in [5, 5.41) is 2.81. The summed E-state index contributed by atoms with van der Waals surface area (Å²) in [5.41, 5.74) is 2.03. The lowest BCUT2D eigenvalue weighted by Crippen LogP contribution is -2.28. The molecule has 1 amide bonds. The number of nitrogens with one attached hydrogen (secondary N) is 2. The lowest BCUT2D eigenvalue weighted by Gasteiger charge is -2.09. The van der Waals surface area contributed by atoms with E-state index in [1.807, 2.05) is 12.1 Å². The second-order valence-corrected chi connectivity index (χ2v) is 7.37. The summed E-state index contributed by atoms with van der Waals surface area (Å²) in [4.78, 5) is 36.1. The van der Waals surface area contributed by atoms with Crippen LogP contribution in [0.25, 0.3) is 11.4 Å². The van der Waals surface area contributed by atoms with Crippen molar-refractivity contribution in [2.24, 2.45) is 0 Å². The molecule has 0 unspecified atom stereocenters. The summed E-state index contributed by atoms with van der Waals surface area (Å²) in [7, 11) is 0. The summed E-state index contributed by atoms with van der Waals surface area (Å²) >= 11 is 0. The van der Waals surface area contributed by atoms with Gasteiger partial charge in [-0.05, 0) is 61.0 Å². The third kappa shape index (κ3) is 5.68. The number of carbonyl (C=O) groups excluding carboxylic acids is 1. The Labute approximate surface area is 189 Å². The first-order chi connectivity index (χ1) is 16.0. The summed E-state index contributed by atoms with van der Waals surface area (Å²) in [5.74, 6) is 0.925. The molecule has 0 spiro atoms. The average molecular weight is 444 g/mol. The van der Waals surface area contributed by atoms with Crippen LogP contribution in [0.3, 0.4) is 0 Å². The van der Waals surface area contributed by atoms with Gasteiger partial charge in [0.15, 0.2) is 0 Å². The number of rotatable bonds is 7. The molecule has 2 aromatic heterocycles. The second kappa shape index (κ2) is 9.86. The van der Waals surface area contributed by atoms with Crippen molar-refractivity contribution < 1.29 is 13.9 Å². The Kier molecular flexibility index (Phi) is 6.54. The number of hydrogen-bond acceptors (Lipinski definition) is 5. The molecule has 4 rings (SSSR count). The molecule has 0 aliphatic carbocycles. The monoisotopic (exact) mass is 444 g/mol. The summed E-state index contributed by atoms with van der Waals surface area (Å²) in [6.45, 7) is 2.01. The SMILES string of the molecule is Cc1nc(-c2cccnc2)[nH]c(=O)c1CC(=O)NCc1ccc(Oc2ccc(F)cc2)cc1. The van der Waals surface area contributed by atoms with Gasteiger partial charge in [0.1, 0.15) is 23.1 Å². The molecule has 2 N–H and O–H groups in total. The minimum Gasteiger partial charge on any atom is -0.457 e. The van der Waals surface area contributed by atoms with Gasteiger partial charge in [-0.1, -0.05) is 12.1 Å². The highest BCUT2D eigenvalue weighted by molar-refractivity contribution is 5.78. The zero-order valence-corrected chi connectivity index (χ0v) is 17.8. The number of aromatic nitrogens is 3. The Bertz CT molecular complexity index is 1300. The van der Waals surface area contributed by atoms with Crippen LogP contribution in [-0.4, -0.2) is 20.9 Å². The lowest BCUT2D eigenvalue weighted by molar-refractivity contribution is -0.120. The molecule has 2 heterocycles. The number of amides is 1. The highest BCUT2D eigenvalue weighted by Gasteiger charge is 2.13. The zero-order valence-electron chi connectivity index (χ0n) is 17.8. The van der Waals surface area contributed by atoms with E-state index < -0.39 is 0 Å². The highest BCUT2D eigenvalue weighted by Crippen LogP contribution is 2.22. The lowest BCUT2D eigenvalue weighted by atomic mass is 10.1. The summed E-state index contributed by atoms with van der Waals surface area (Å²) < 4.78 is 18.6. The van der Waals surface area contributed by atoms with E-state index in [9.17, 15) is 14.0 Å². The van der Waals surface area contributed by atoms with Crippen LogP contribution in [-0.2, 0) is 17.8 Å². The highest BCUT2D eigenvalue weighted by atomic mass is 19.1. The van der Waals surface area contributed by atoms with Crippen LogP contribution in [0, 0.1) is 12.7 Å². The van der Waals surface area contributed by atoms with E-state index in [0.717, 1.165) is 5.56 Å². The standard InChI is InChI=1S/C25H21FN4O3/c1-16-22(25(32)30-24(29-16)18-3-2-12-27-15-18)13-23(31)28-14-17-4-8-20(9-5-17)33-21-10-6-19(26)7-11-21/h2-12,15H,13-14H2,1H3,(H,28,31)(H,29,30,32). The fraction of sp³-hybridized carbons (Fsp3) is 0.120. The molecule has 0 atom stereocenters. The van der Waals surface area contributed by atoms with Crippen LogP contribution in [0.4, 0.5) is 4.39 Å². The number of H-pyrrole nitrogens is 1. The van der Waals surface area contributed by atoms with E-state index in [0.29, 0.717) is 40.7 Å². The third-order valence-corrected chi connectivity index (χ3v) is 4.96. The average Bonchev–Trinajstić information content (AvgIpc) is 2.83. The van der Waals surface area contributed by atoms with Gasteiger partial charge in [-0.25, -0.2) is 9.37 Å². The molecule has 0 radical (unpaired) electrons. The molecule has 0 saturated heterocycles. The molecule has 33 heavy (non-hydrogen) atoms. The van der Waals surface area contributed by atoms with Crippen molar-refractivity contribution in [1.29, 1.82) is 0 Å². The van der Waals surface area contributed by atoms with Gasteiger partial charge in [0.05, 0.1) is 6.42 Å². The molecule has 7 nitrogen and oxygen atoms in total. The number of pyridine rings is 1. The molecule has 0 bridgehead atoms. The Morgan fingerprint density at radius 3 is 2.39 bits per heavy atom. The molecule has 2 aromatic carbocycles. The number of nitrogens with zero attached hydrogens (tertiary/aromatic N) is 2. The van der Waals surface area contributed by atoms with Crippen molar-refractivity contribution in [3.63, 3.8) is 0 Å². The predicted octanol–water partition coefficient (Wildman–Crippen LogP) is 3.93. The normalized spacial score (nSPS) is 10.6. The van der Waals surface area contributed by atoms with Crippen molar-refractivity contribution >= 4 is 5.91 Å². The van der Waals surface area contributed by atoms with Gasteiger partial charge < -0.3 is 15.0 Å². The Morgan fingerprint density at radius 2 is 1.76 bits per heavy atom. The van der Waals surface area contributed by atoms with Gasteiger partial charge in [0.2, 0.25) is 5.91 Å². The molecule has 0 saturated carbocycles. The number of ether oxygens (including phenoxy) is 1. The minimum atomic E-state index is -0.348. The van der Waals surface area contributed by atoms with Crippen molar-refractivity contribution in [2.45, 2.75) is 19.9 Å². The predicted molar refractivity (Wildman–Crippen MR) is 121 cm³/mol. The summed E-state index contributed by atoms with van der Waals surface area (Å²) in [6.07, 6.45) is 3.17. The Balaban J connectivity index is 1.34. The number of carbonyl (C=O) groups is 1. The van der Waals surface area contributed by atoms with Gasteiger partial charge in [0.25, 0.3) is 5.56 Å². The topological polar surface area (TPSA) is 97.0 Å². The molecule has 0 fully saturated rings. The van der Waals surface area contributed by atoms with E-state index in [4.69, 9.17) is 4.74 Å². The minimum absolute atomic E-state index is 0.0761. The maximum atomic E-state index is 13.0. The van der Waals surface area contributed by atoms with Crippen LogP contribution in [0.5, 0.6) is 11.5 Å². The Morgan fingerprint density at radius 1 is 1.06 bits per heavy atom. The Hall–Kier alpha value is -4.33. The van der Waals surface area contributed by atoms with E-state index in [1.54, 1.807) is 55.7 Å². The first-order valence-corrected chi connectivity index (χ1v) is 10.3. The fourth-order valence-corrected chi connectivity index (χ4v) is 3.20. The van der Waals surface area contributed by atoms with E-state index in [1.165, 1.54) is 12.1 Å². The van der Waals surface area contributed by atoms with E-state index in [2.05, 4.69) is 20.3 Å². The van der Waals surface area contributed by atoms with Crippen LogP contribution in [0.1, 0.15) is 16.8 Å². The third-order valence-electron chi connectivity index (χ3n) is 4.96. The van der Waals surface area contributed by atoms with Crippen LogP contribution in [0.2, 0.25) is 0 Å².